The van der Waals surface area contributed by atoms with Gasteiger partial charge in [0.1, 0.15) is 23.4 Å². The van der Waals surface area contributed by atoms with Gasteiger partial charge in [-0.2, -0.15) is 0 Å². The van der Waals surface area contributed by atoms with Crippen molar-refractivity contribution >= 4 is 23.5 Å². The molecule has 287 valence electrons. The second-order valence-electron chi connectivity index (χ2n) is 17.3. The molecule has 4 aliphatic rings. The number of esters is 2. The van der Waals surface area contributed by atoms with Crippen LogP contribution < -0.4 is 10.6 Å². The minimum absolute atomic E-state index is 0. The van der Waals surface area contributed by atoms with E-state index in [1.54, 1.807) is 0 Å². The fourth-order valence-corrected chi connectivity index (χ4v) is 10.0. The first kappa shape index (κ1) is 40.5. The third-order valence-electron chi connectivity index (χ3n) is 14.6. The van der Waals surface area contributed by atoms with Crippen molar-refractivity contribution in [3.63, 3.8) is 0 Å². The molecule has 0 spiro atoms. The van der Waals surface area contributed by atoms with Gasteiger partial charge in [0.05, 0.1) is 12.1 Å². The Morgan fingerprint density at radius 3 is 1.23 bits per heavy atom. The maximum absolute atomic E-state index is 13.7. The molecule has 2 aromatic carbocycles. The Balaban J connectivity index is 0.00000541. The third-order valence-corrected chi connectivity index (χ3v) is 14.6. The minimum Gasteiger partial charge on any atom is -0.458 e. The number of hydrogen-bond donors (Lipinski definition) is 2. The van der Waals surface area contributed by atoms with Gasteiger partial charge in [0.15, 0.2) is 11.6 Å². The molecule has 0 saturated heterocycles. The Hall–Kier alpha value is -3.69. The molecular weight excluding hydrogens is 711 g/mol. The van der Waals surface area contributed by atoms with Crippen molar-refractivity contribution in [1.29, 1.82) is 0 Å². The van der Waals surface area contributed by atoms with Crippen LogP contribution in [-0.2, 0) is 45.4 Å². The SMILES string of the molecule is CC(=O)/C(=C\N[C@@H](c1ccccc1)[C@@H](N/C=C(\C(C)=O)C(=O)O[C@@H]1C[C@@H]2CC[C@@]1(C)C2(C)C)c1ccccc1)C(=O)O[C@@H]1C[C@@H]2CC[C@@]1(C)C2(C)C.[Co]. The van der Waals surface area contributed by atoms with Crippen molar-refractivity contribution in [2.75, 3.05) is 0 Å². The Morgan fingerprint density at radius 1 is 0.623 bits per heavy atom. The summed E-state index contributed by atoms with van der Waals surface area (Å²) in [6, 6.07) is 18.2. The predicted molar refractivity (Wildman–Crippen MR) is 200 cm³/mol. The van der Waals surface area contributed by atoms with Gasteiger partial charge in [-0.15, -0.1) is 0 Å². The van der Waals surface area contributed by atoms with Crippen LogP contribution >= 0.6 is 0 Å². The first-order chi connectivity index (χ1) is 24.5. The van der Waals surface area contributed by atoms with Gasteiger partial charge in [-0.1, -0.05) is 102 Å². The van der Waals surface area contributed by atoms with Crippen LogP contribution in [0.2, 0.25) is 0 Å². The summed E-state index contributed by atoms with van der Waals surface area (Å²) in [6.07, 6.45) is 8.22. The van der Waals surface area contributed by atoms with Crippen molar-refractivity contribution in [1.82, 2.24) is 10.6 Å². The number of rotatable bonds is 13. The van der Waals surface area contributed by atoms with Crippen LogP contribution in [0.4, 0.5) is 0 Å². The molecular formula is C44H56CoN2O6. The number of carbonyl (C=O) groups is 4. The van der Waals surface area contributed by atoms with Gasteiger partial charge >= 0.3 is 11.9 Å². The molecule has 4 bridgehead atoms. The van der Waals surface area contributed by atoms with Crippen LogP contribution in [0.5, 0.6) is 0 Å². The van der Waals surface area contributed by atoms with Gasteiger partial charge < -0.3 is 20.1 Å². The quantitative estimate of drug-likeness (QED) is 0.0911. The van der Waals surface area contributed by atoms with Crippen molar-refractivity contribution in [2.45, 2.75) is 118 Å². The van der Waals surface area contributed by atoms with Gasteiger partial charge in [-0.25, -0.2) is 9.59 Å². The van der Waals surface area contributed by atoms with Crippen LogP contribution in [0.3, 0.4) is 0 Å². The summed E-state index contributed by atoms with van der Waals surface area (Å²) >= 11 is 0. The fourth-order valence-electron chi connectivity index (χ4n) is 10.0. The molecule has 0 unspecified atom stereocenters. The summed E-state index contributed by atoms with van der Waals surface area (Å²) in [4.78, 5) is 53.4. The summed E-state index contributed by atoms with van der Waals surface area (Å²) in [5.41, 5.74) is 1.38. The summed E-state index contributed by atoms with van der Waals surface area (Å²) in [6.45, 7) is 16.2. The monoisotopic (exact) mass is 767 g/mol. The number of benzene rings is 2. The van der Waals surface area contributed by atoms with E-state index in [0.29, 0.717) is 11.8 Å². The molecule has 1 radical (unpaired) electrons. The maximum Gasteiger partial charge on any atom is 0.343 e. The Labute approximate surface area is 325 Å². The second-order valence-corrected chi connectivity index (χ2v) is 17.3. The molecule has 6 rings (SSSR count). The van der Waals surface area contributed by atoms with E-state index in [-0.39, 0.29) is 61.8 Å². The number of fused-ring (bicyclic) bond motifs is 4. The predicted octanol–water partition coefficient (Wildman–Crippen LogP) is 8.11. The van der Waals surface area contributed by atoms with Crippen LogP contribution in [-0.4, -0.2) is 35.7 Å². The zero-order valence-corrected chi connectivity index (χ0v) is 33.5. The molecule has 53 heavy (non-hydrogen) atoms. The maximum atomic E-state index is 13.7. The Bertz CT molecular complexity index is 1640. The molecule has 8 nitrogen and oxygen atoms in total. The molecule has 4 aliphatic carbocycles. The topological polar surface area (TPSA) is 111 Å². The molecule has 2 aromatic rings. The van der Waals surface area contributed by atoms with Crippen molar-refractivity contribution in [3.8, 4) is 0 Å². The molecule has 0 amide bonds. The second kappa shape index (κ2) is 15.2. The number of ketones is 2. The summed E-state index contributed by atoms with van der Waals surface area (Å²) in [5, 5.41) is 6.76. The number of Topliss-reactive ketones (excluding diaryl/α,β-unsaturated/α-hetero) is 2. The number of ether oxygens (including phenoxy) is 2. The minimum atomic E-state index is -0.635. The van der Waals surface area contributed by atoms with Crippen LogP contribution in [0.15, 0.2) is 84.2 Å². The van der Waals surface area contributed by atoms with Crippen molar-refractivity contribution < 1.29 is 45.4 Å². The van der Waals surface area contributed by atoms with Gasteiger partial charge in [0.25, 0.3) is 0 Å². The molecule has 0 heterocycles. The normalized spacial score (nSPS) is 30.5. The van der Waals surface area contributed by atoms with Crippen molar-refractivity contribution in [3.05, 3.63) is 95.3 Å². The average Bonchev–Trinajstić information content (AvgIpc) is 3.62. The summed E-state index contributed by atoms with van der Waals surface area (Å²) in [7, 11) is 0. The zero-order valence-electron chi connectivity index (χ0n) is 32.4. The summed E-state index contributed by atoms with van der Waals surface area (Å²) < 4.78 is 12.3. The number of hydrogen-bond acceptors (Lipinski definition) is 8. The van der Waals surface area contributed by atoms with Gasteiger partial charge in [0.2, 0.25) is 0 Å². The van der Waals surface area contributed by atoms with Crippen molar-refractivity contribution in [2.24, 2.45) is 33.5 Å². The first-order valence-corrected chi connectivity index (χ1v) is 19.0. The van der Waals surface area contributed by atoms with E-state index in [4.69, 9.17) is 9.47 Å². The van der Waals surface area contributed by atoms with E-state index < -0.39 is 35.6 Å². The standard InChI is InChI=1S/C44H56N2O6.Co/c1-27(47)33(39(49)51-35-23-31-19-21-43(35,7)41(31,3)4)25-45-37(29-15-11-9-12-16-29)38(30-17-13-10-14-18-30)46-26-34(28(2)48)40(50)52-36-24-32-20-22-44(36,8)42(32,5)6;/h9-18,25-26,31-32,35-38,45-46H,19-24H2,1-8H3;/b33-25+,34-26+;/t31-,32-,35+,36+,37-,38-,43+,44+;/m0./s1. The van der Waals surface area contributed by atoms with E-state index in [0.717, 1.165) is 49.7 Å². The smallest absolute Gasteiger partial charge is 0.343 e. The summed E-state index contributed by atoms with van der Waals surface area (Å²) in [5.74, 6) is -1.12. The van der Waals surface area contributed by atoms with Gasteiger partial charge in [-0.05, 0) is 86.2 Å². The van der Waals surface area contributed by atoms with Crippen LogP contribution in [0.25, 0.3) is 0 Å². The molecule has 4 fully saturated rings. The Morgan fingerprint density at radius 2 is 0.962 bits per heavy atom. The fraction of sp³-hybridized carbons (Fsp3) is 0.545. The van der Waals surface area contributed by atoms with Gasteiger partial charge in [0, 0.05) is 40.0 Å². The van der Waals surface area contributed by atoms with E-state index >= 15 is 0 Å². The van der Waals surface area contributed by atoms with Crippen LogP contribution in [0.1, 0.15) is 117 Å². The molecule has 0 aromatic heterocycles. The third kappa shape index (κ3) is 7.16. The van der Waals surface area contributed by atoms with Crippen LogP contribution in [0, 0.1) is 33.5 Å². The van der Waals surface area contributed by atoms with E-state index in [9.17, 15) is 19.2 Å². The number of nitrogens with one attached hydrogen (secondary N) is 2. The van der Waals surface area contributed by atoms with E-state index in [1.165, 1.54) is 26.2 Å². The van der Waals surface area contributed by atoms with E-state index in [1.807, 2.05) is 60.7 Å². The molecule has 2 N–H and O–H groups in total. The molecule has 0 aliphatic heterocycles. The molecule has 4 saturated carbocycles. The number of carbonyl (C=O) groups excluding carboxylic acids is 4. The van der Waals surface area contributed by atoms with Gasteiger partial charge in [-0.3, -0.25) is 9.59 Å². The Kier molecular flexibility index (Phi) is 11.6. The van der Waals surface area contributed by atoms with E-state index in [2.05, 4.69) is 52.2 Å². The first-order valence-electron chi connectivity index (χ1n) is 19.0. The largest absolute Gasteiger partial charge is 0.458 e. The average molecular weight is 768 g/mol. The molecule has 9 heteroatoms. The zero-order chi connectivity index (χ0) is 37.6. The molecule has 8 atom stereocenters.